The van der Waals surface area contributed by atoms with E-state index >= 15 is 0 Å². The maximum absolute atomic E-state index is 13.3. The standard InChI is InChI=1S/C23H19FN2OS/c24-18-10-6-9-17(15-18)23(27)25-13-14-28-22-19-11-4-5-12-20(19)26-21(22)16-7-2-1-3-8-16/h1-12,15,26H,13-14H2,(H,25,27). The maximum Gasteiger partial charge on any atom is 0.251 e. The number of thioether (sulfide) groups is 1. The Morgan fingerprint density at radius 2 is 1.75 bits per heavy atom. The van der Waals surface area contributed by atoms with Gasteiger partial charge in [0.25, 0.3) is 5.91 Å². The Morgan fingerprint density at radius 1 is 0.964 bits per heavy atom. The molecule has 0 fully saturated rings. The van der Waals surface area contributed by atoms with E-state index in [2.05, 4.69) is 34.6 Å². The third-order valence-electron chi connectivity index (χ3n) is 4.44. The molecule has 5 heteroatoms. The minimum absolute atomic E-state index is 0.262. The summed E-state index contributed by atoms with van der Waals surface area (Å²) >= 11 is 1.70. The van der Waals surface area contributed by atoms with Crippen molar-refractivity contribution in [2.75, 3.05) is 12.3 Å². The number of amides is 1. The Labute approximate surface area is 167 Å². The maximum atomic E-state index is 13.3. The van der Waals surface area contributed by atoms with E-state index in [1.54, 1.807) is 17.8 Å². The number of aromatic nitrogens is 1. The highest BCUT2D eigenvalue weighted by Gasteiger charge is 2.13. The molecule has 0 saturated carbocycles. The summed E-state index contributed by atoms with van der Waals surface area (Å²) in [6.45, 7) is 0.494. The zero-order valence-corrected chi connectivity index (χ0v) is 15.9. The summed E-state index contributed by atoms with van der Waals surface area (Å²) in [5.74, 6) is 0.0403. The predicted molar refractivity (Wildman–Crippen MR) is 113 cm³/mol. The van der Waals surface area contributed by atoms with Crippen LogP contribution in [0.1, 0.15) is 10.4 Å². The molecule has 0 radical (unpaired) electrons. The lowest BCUT2D eigenvalue weighted by molar-refractivity contribution is 0.0955. The van der Waals surface area contributed by atoms with E-state index in [1.165, 1.54) is 28.5 Å². The molecule has 0 aliphatic rings. The highest BCUT2D eigenvalue weighted by atomic mass is 32.2. The zero-order chi connectivity index (χ0) is 19.3. The van der Waals surface area contributed by atoms with E-state index < -0.39 is 5.82 Å². The normalized spacial score (nSPS) is 10.9. The van der Waals surface area contributed by atoms with Gasteiger partial charge in [0.2, 0.25) is 0 Å². The molecular weight excluding hydrogens is 371 g/mol. The van der Waals surface area contributed by atoms with Crippen molar-refractivity contribution in [3.8, 4) is 11.3 Å². The summed E-state index contributed by atoms with van der Waals surface area (Å²) in [6.07, 6.45) is 0. The Bertz CT molecular complexity index is 1110. The Hall–Kier alpha value is -3.05. The van der Waals surface area contributed by atoms with Crippen molar-refractivity contribution >= 4 is 28.6 Å². The molecule has 0 aliphatic heterocycles. The van der Waals surface area contributed by atoms with Gasteiger partial charge in [-0.2, -0.15) is 0 Å². The molecule has 0 unspecified atom stereocenters. The first-order valence-electron chi connectivity index (χ1n) is 9.05. The van der Waals surface area contributed by atoms with Crippen LogP contribution in [0.4, 0.5) is 4.39 Å². The van der Waals surface area contributed by atoms with Crippen LogP contribution < -0.4 is 5.32 Å². The van der Waals surface area contributed by atoms with Crippen molar-refractivity contribution in [2.45, 2.75) is 4.90 Å². The number of rotatable bonds is 6. The second kappa shape index (κ2) is 8.31. The van der Waals surface area contributed by atoms with Crippen LogP contribution in [0.3, 0.4) is 0 Å². The third-order valence-corrected chi connectivity index (χ3v) is 5.56. The van der Waals surface area contributed by atoms with E-state index in [9.17, 15) is 9.18 Å². The summed E-state index contributed by atoms with van der Waals surface area (Å²) in [7, 11) is 0. The lowest BCUT2D eigenvalue weighted by Gasteiger charge is -2.07. The highest BCUT2D eigenvalue weighted by molar-refractivity contribution is 7.99. The van der Waals surface area contributed by atoms with Crippen LogP contribution >= 0.6 is 11.8 Å². The van der Waals surface area contributed by atoms with Gasteiger partial charge in [0.15, 0.2) is 0 Å². The number of hydrogen-bond donors (Lipinski definition) is 2. The Balaban J connectivity index is 1.48. The zero-order valence-electron chi connectivity index (χ0n) is 15.1. The highest BCUT2D eigenvalue weighted by Crippen LogP contribution is 2.37. The molecule has 1 amide bonds. The van der Waals surface area contributed by atoms with Crippen molar-refractivity contribution in [2.24, 2.45) is 0 Å². The quantitative estimate of drug-likeness (QED) is 0.337. The molecule has 3 nitrogen and oxygen atoms in total. The average Bonchev–Trinajstić information content (AvgIpc) is 3.10. The van der Waals surface area contributed by atoms with E-state index in [0.29, 0.717) is 17.9 Å². The fraction of sp³-hybridized carbons (Fsp3) is 0.0870. The monoisotopic (exact) mass is 390 g/mol. The number of H-pyrrole nitrogens is 1. The molecule has 2 N–H and O–H groups in total. The van der Waals surface area contributed by atoms with E-state index in [1.807, 2.05) is 30.3 Å². The van der Waals surface area contributed by atoms with Crippen LogP contribution in [0, 0.1) is 5.82 Å². The van der Waals surface area contributed by atoms with Gasteiger partial charge in [-0.1, -0.05) is 54.6 Å². The lowest BCUT2D eigenvalue weighted by Crippen LogP contribution is -2.25. The molecular formula is C23H19FN2OS. The smallest absolute Gasteiger partial charge is 0.251 e. The molecule has 28 heavy (non-hydrogen) atoms. The predicted octanol–water partition coefficient (Wildman–Crippen LogP) is 5.50. The molecule has 0 spiro atoms. The van der Waals surface area contributed by atoms with Gasteiger partial charge in [-0.25, -0.2) is 4.39 Å². The van der Waals surface area contributed by atoms with Crippen molar-refractivity contribution in [3.63, 3.8) is 0 Å². The van der Waals surface area contributed by atoms with Gasteiger partial charge in [-0.3, -0.25) is 4.79 Å². The van der Waals surface area contributed by atoms with Crippen LogP contribution in [0.2, 0.25) is 0 Å². The minimum atomic E-state index is -0.409. The molecule has 140 valence electrons. The van der Waals surface area contributed by atoms with E-state index in [4.69, 9.17) is 0 Å². The summed E-state index contributed by atoms with van der Waals surface area (Å²) in [5.41, 5.74) is 3.64. The van der Waals surface area contributed by atoms with Gasteiger partial charge < -0.3 is 10.3 Å². The van der Waals surface area contributed by atoms with E-state index in [0.717, 1.165) is 16.8 Å². The van der Waals surface area contributed by atoms with E-state index in [-0.39, 0.29) is 5.91 Å². The van der Waals surface area contributed by atoms with Crippen molar-refractivity contribution in [1.82, 2.24) is 10.3 Å². The molecule has 0 saturated heterocycles. The minimum Gasteiger partial charge on any atom is -0.354 e. The van der Waals surface area contributed by atoms with Crippen molar-refractivity contribution < 1.29 is 9.18 Å². The number of halogens is 1. The van der Waals surface area contributed by atoms with Gasteiger partial charge >= 0.3 is 0 Å². The fourth-order valence-corrected chi connectivity index (χ4v) is 4.18. The summed E-state index contributed by atoms with van der Waals surface area (Å²) in [4.78, 5) is 16.8. The average molecular weight is 390 g/mol. The summed E-state index contributed by atoms with van der Waals surface area (Å²) in [6, 6.07) is 24.1. The Kier molecular flexibility index (Phi) is 5.44. The summed E-state index contributed by atoms with van der Waals surface area (Å²) < 4.78 is 13.3. The number of para-hydroxylation sites is 1. The largest absolute Gasteiger partial charge is 0.354 e. The first-order valence-corrected chi connectivity index (χ1v) is 10.0. The lowest BCUT2D eigenvalue weighted by atomic mass is 10.1. The number of benzene rings is 3. The van der Waals surface area contributed by atoms with Crippen LogP contribution in [-0.4, -0.2) is 23.2 Å². The molecule has 4 rings (SSSR count). The number of aromatic amines is 1. The molecule has 0 aliphatic carbocycles. The number of carbonyl (C=O) groups excluding carboxylic acids is 1. The number of carbonyl (C=O) groups is 1. The molecule has 0 atom stereocenters. The van der Waals surface area contributed by atoms with Gasteiger partial charge in [0.05, 0.1) is 5.69 Å². The van der Waals surface area contributed by atoms with Gasteiger partial charge in [-0.05, 0) is 29.8 Å². The second-order valence-electron chi connectivity index (χ2n) is 6.36. The van der Waals surface area contributed by atoms with Gasteiger partial charge in [-0.15, -0.1) is 11.8 Å². The molecule has 0 bridgehead atoms. The Morgan fingerprint density at radius 3 is 2.57 bits per heavy atom. The van der Waals surface area contributed by atoms with Crippen molar-refractivity contribution in [1.29, 1.82) is 0 Å². The van der Waals surface area contributed by atoms with Gasteiger partial charge in [0.1, 0.15) is 5.82 Å². The molecule has 3 aromatic carbocycles. The molecule has 1 heterocycles. The fourth-order valence-electron chi connectivity index (χ4n) is 3.12. The van der Waals surface area contributed by atoms with Crippen LogP contribution in [0.15, 0.2) is 83.8 Å². The second-order valence-corrected chi connectivity index (χ2v) is 7.46. The number of hydrogen-bond acceptors (Lipinski definition) is 2. The third kappa shape index (κ3) is 3.94. The van der Waals surface area contributed by atoms with Crippen LogP contribution in [-0.2, 0) is 0 Å². The van der Waals surface area contributed by atoms with Crippen LogP contribution in [0.5, 0.6) is 0 Å². The molecule has 1 aromatic heterocycles. The SMILES string of the molecule is O=C(NCCSc1c(-c2ccccc2)[nH]c2ccccc12)c1cccc(F)c1. The summed E-state index contributed by atoms with van der Waals surface area (Å²) in [5, 5.41) is 4.03. The van der Waals surface area contributed by atoms with Crippen molar-refractivity contribution in [3.05, 3.63) is 90.2 Å². The van der Waals surface area contributed by atoms with Gasteiger partial charge in [0, 0.05) is 33.7 Å². The van der Waals surface area contributed by atoms with Crippen LogP contribution in [0.25, 0.3) is 22.2 Å². The first-order chi connectivity index (χ1) is 13.7. The number of nitrogens with one attached hydrogen (secondary N) is 2. The first kappa shape index (κ1) is 18.3. The topological polar surface area (TPSA) is 44.9 Å². The number of fused-ring (bicyclic) bond motifs is 1. The molecule has 4 aromatic rings.